The van der Waals surface area contributed by atoms with Crippen LogP contribution < -0.4 is 0 Å². The zero-order valence-electron chi connectivity index (χ0n) is 21.1. The van der Waals surface area contributed by atoms with Gasteiger partial charge in [0.25, 0.3) is 0 Å². The highest BCUT2D eigenvalue weighted by Gasteiger charge is 2.26. The lowest BCUT2D eigenvalue weighted by molar-refractivity contribution is -0.144. The van der Waals surface area contributed by atoms with Gasteiger partial charge >= 0.3 is 29.8 Å². The predicted molar refractivity (Wildman–Crippen MR) is 140 cm³/mol. The molecule has 0 amide bonds. The van der Waals surface area contributed by atoms with Crippen molar-refractivity contribution in [1.29, 1.82) is 0 Å². The first-order valence-corrected chi connectivity index (χ1v) is 12.2. The van der Waals surface area contributed by atoms with E-state index in [9.17, 15) is 39.3 Å². The highest BCUT2D eigenvalue weighted by atomic mass is 32.1. The maximum absolute atomic E-state index is 11.5. The quantitative estimate of drug-likeness (QED) is 0.101. The smallest absolute Gasteiger partial charge is 0.317 e. The van der Waals surface area contributed by atoms with E-state index in [4.69, 9.17) is 10.2 Å². The minimum Gasteiger partial charge on any atom is -0.480 e. The van der Waals surface area contributed by atoms with Crippen molar-refractivity contribution in [3.8, 4) is 0 Å². The maximum Gasteiger partial charge on any atom is 0.317 e. The Morgan fingerprint density at radius 1 is 0.744 bits per heavy atom. The number of aliphatic imine (C=N–C) groups is 1. The summed E-state index contributed by atoms with van der Waals surface area (Å²) in [6.07, 6.45) is 1.40. The summed E-state index contributed by atoms with van der Waals surface area (Å²) < 4.78 is 0. The number of aliphatic carboxylic acids is 5. The van der Waals surface area contributed by atoms with E-state index >= 15 is 0 Å². The van der Waals surface area contributed by atoms with Crippen LogP contribution in [0.4, 0.5) is 5.69 Å². The van der Waals surface area contributed by atoms with Crippen molar-refractivity contribution in [2.45, 2.75) is 25.3 Å². The third-order valence-electron chi connectivity index (χ3n) is 5.58. The molecule has 0 saturated heterocycles. The first-order chi connectivity index (χ1) is 18.4. The van der Waals surface area contributed by atoms with Crippen LogP contribution in [0.1, 0.15) is 18.4 Å². The molecule has 0 fully saturated rings. The van der Waals surface area contributed by atoms with Crippen LogP contribution in [-0.2, 0) is 30.4 Å². The lowest BCUT2D eigenvalue weighted by Crippen LogP contribution is -2.50. The minimum atomic E-state index is -1.25. The molecule has 1 unspecified atom stereocenters. The monoisotopic (exact) mass is 568 g/mol. The molecule has 0 spiro atoms. The second kappa shape index (κ2) is 17.7. The Morgan fingerprint density at radius 3 is 1.67 bits per heavy atom. The molecule has 0 bridgehead atoms. The third-order valence-corrected chi connectivity index (χ3v) is 5.68. The first-order valence-electron chi connectivity index (χ1n) is 11.8. The average Bonchev–Trinajstić information content (AvgIpc) is 2.81. The second-order valence-corrected chi connectivity index (χ2v) is 8.92. The van der Waals surface area contributed by atoms with Gasteiger partial charge in [-0.25, -0.2) is 0 Å². The Labute approximate surface area is 229 Å². The van der Waals surface area contributed by atoms with Crippen molar-refractivity contribution in [3.63, 3.8) is 0 Å². The molecule has 0 aromatic heterocycles. The van der Waals surface area contributed by atoms with Crippen molar-refractivity contribution in [2.75, 3.05) is 52.4 Å². The molecule has 39 heavy (non-hydrogen) atoms. The van der Waals surface area contributed by atoms with E-state index in [0.717, 1.165) is 10.5 Å². The molecule has 14 nitrogen and oxygen atoms in total. The van der Waals surface area contributed by atoms with Crippen LogP contribution in [0.5, 0.6) is 0 Å². The Morgan fingerprint density at radius 2 is 1.21 bits per heavy atom. The molecule has 0 aliphatic carbocycles. The molecule has 1 atom stereocenters. The third kappa shape index (κ3) is 15.3. The lowest BCUT2D eigenvalue weighted by atomic mass is 10.0. The first kappa shape index (κ1) is 33.3. The van der Waals surface area contributed by atoms with E-state index in [2.05, 4.69) is 22.4 Å². The number of rotatable bonds is 21. The molecule has 0 saturated carbocycles. The summed E-state index contributed by atoms with van der Waals surface area (Å²) in [7, 11) is 0. The number of carbonyl (C=O) groups is 5. The minimum absolute atomic E-state index is 0.0385. The number of hydrogen-bond donors (Lipinski definition) is 5. The summed E-state index contributed by atoms with van der Waals surface area (Å²) in [6, 6.07) is 6.50. The molecular formula is C24H32N4O10S. The average molecular weight is 569 g/mol. The number of hydrogen-bond acceptors (Lipinski definition) is 10. The number of carboxylic acid groups (broad SMARTS) is 5. The number of aryl methyl sites for hydroxylation is 1. The zero-order chi connectivity index (χ0) is 29.4. The molecule has 1 rings (SSSR count). The normalized spacial score (nSPS) is 11.8. The van der Waals surface area contributed by atoms with Gasteiger partial charge in [-0.05, 0) is 49.2 Å². The summed E-state index contributed by atoms with van der Waals surface area (Å²) in [6.45, 7) is -3.00. The standard InChI is InChI=1S/C24H32N4O10S/c29-20(30)11-26(8-9-27(12-21(31)32)13-22(33)34)10-19(28(14-23(35)36)15-24(37)38)3-1-2-17-4-6-18(7-5-17)25-16-39/h4-7,19H,1-3,8-15H2,(H,29,30)(H,31,32)(H,33,34)(H,35,36)(H,37,38). The van der Waals surface area contributed by atoms with Gasteiger partial charge < -0.3 is 25.5 Å². The molecule has 0 heterocycles. The van der Waals surface area contributed by atoms with Crippen LogP contribution >= 0.6 is 12.2 Å². The van der Waals surface area contributed by atoms with Crippen LogP contribution in [0.2, 0.25) is 0 Å². The molecule has 1 aromatic carbocycles. The van der Waals surface area contributed by atoms with Crippen molar-refractivity contribution < 1.29 is 49.5 Å². The SMILES string of the molecule is O=C(O)CN(CCN(CC(=O)O)CC(CCCc1ccc(N=C=S)cc1)N(CC(=O)O)CC(=O)O)CC(=O)O. The largest absolute Gasteiger partial charge is 0.480 e. The molecule has 0 radical (unpaired) electrons. The van der Waals surface area contributed by atoms with E-state index < -0.39 is 68.6 Å². The number of isothiocyanates is 1. The van der Waals surface area contributed by atoms with Gasteiger partial charge in [0.1, 0.15) is 0 Å². The van der Waals surface area contributed by atoms with Crippen molar-refractivity contribution in [3.05, 3.63) is 29.8 Å². The summed E-state index contributed by atoms with van der Waals surface area (Å²) >= 11 is 4.58. The fourth-order valence-electron chi connectivity index (χ4n) is 3.99. The van der Waals surface area contributed by atoms with E-state index in [1.54, 1.807) is 12.1 Å². The Bertz CT molecular complexity index is 1010. The summed E-state index contributed by atoms with van der Waals surface area (Å²) in [5, 5.41) is 48.5. The highest BCUT2D eigenvalue weighted by Crippen LogP contribution is 2.17. The highest BCUT2D eigenvalue weighted by molar-refractivity contribution is 7.78. The number of carboxylic acids is 5. The molecule has 0 aliphatic heterocycles. The second-order valence-electron chi connectivity index (χ2n) is 8.74. The summed E-state index contributed by atoms with van der Waals surface area (Å²) in [4.78, 5) is 64.3. The van der Waals surface area contributed by atoms with Gasteiger partial charge in [-0.1, -0.05) is 12.1 Å². The molecule has 214 valence electrons. The molecule has 5 N–H and O–H groups in total. The van der Waals surface area contributed by atoms with Gasteiger partial charge in [-0.3, -0.25) is 38.7 Å². The number of benzene rings is 1. The van der Waals surface area contributed by atoms with Gasteiger partial charge in [0.05, 0.1) is 43.6 Å². The van der Waals surface area contributed by atoms with Gasteiger partial charge in [0.2, 0.25) is 0 Å². The van der Waals surface area contributed by atoms with Gasteiger partial charge in [-0.15, -0.1) is 0 Å². The predicted octanol–water partition coefficient (Wildman–Crippen LogP) is 0.441. The Kier molecular flexibility index (Phi) is 15.1. The van der Waals surface area contributed by atoms with E-state index in [1.165, 1.54) is 9.80 Å². The van der Waals surface area contributed by atoms with Gasteiger partial charge in [0.15, 0.2) is 0 Å². The number of thiocarbonyl (C=S) groups is 1. The summed E-state index contributed by atoms with van der Waals surface area (Å²) in [5.74, 6) is -6.23. The molecule has 0 aliphatic rings. The van der Waals surface area contributed by atoms with Crippen molar-refractivity contribution in [2.24, 2.45) is 4.99 Å². The van der Waals surface area contributed by atoms with Gasteiger partial charge in [0, 0.05) is 25.7 Å². The Balaban J connectivity index is 3.09. The molecular weight excluding hydrogens is 536 g/mol. The van der Waals surface area contributed by atoms with Crippen LogP contribution in [-0.4, -0.2) is 134 Å². The zero-order valence-corrected chi connectivity index (χ0v) is 22.0. The molecule has 1 aromatic rings. The topological polar surface area (TPSA) is 209 Å². The van der Waals surface area contributed by atoms with Gasteiger partial charge in [-0.2, -0.15) is 4.99 Å². The number of nitrogens with zero attached hydrogens (tertiary/aromatic N) is 4. The summed E-state index contributed by atoms with van der Waals surface area (Å²) in [5.41, 5.74) is 1.57. The van der Waals surface area contributed by atoms with Crippen molar-refractivity contribution in [1.82, 2.24) is 14.7 Å². The maximum atomic E-state index is 11.5. The van der Waals surface area contributed by atoms with E-state index in [-0.39, 0.29) is 19.6 Å². The van der Waals surface area contributed by atoms with E-state index in [1.807, 2.05) is 12.1 Å². The Hall–Kier alpha value is -3.75. The fourth-order valence-corrected chi connectivity index (χ4v) is 4.09. The van der Waals surface area contributed by atoms with Crippen molar-refractivity contribution >= 4 is 52.9 Å². The lowest BCUT2D eigenvalue weighted by Gasteiger charge is -2.34. The van der Waals surface area contributed by atoms with E-state index in [0.29, 0.717) is 24.9 Å². The van der Waals surface area contributed by atoms with Crippen LogP contribution in [0.3, 0.4) is 0 Å². The van der Waals surface area contributed by atoms with Crippen LogP contribution in [0.15, 0.2) is 29.3 Å². The van der Waals surface area contributed by atoms with Crippen LogP contribution in [0, 0.1) is 0 Å². The van der Waals surface area contributed by atoms with Crippen LogP contribution in [0.25, 0.3) is 0 Å². The molecule has 15 heteroatoms. The fraction of sp³-hybridized carbons (Fsp3) is 0.500.